The molecule has 1 atom stereocenters. The Labute approximate surface area is 308 Å². The Hall–Kier alpha value is -5.28. The number of rotatable bonds is 13. The summed E-state index contributed by atoms with van der Waals surface area (Å²) in [6, 6.07) is 26.7. The van der Waals surface area contributed by atoms with Crippen molar-refractivity contribution >= 4 is 46.5 Å². The molecule has 4 aromatic rings. The summed E-state index contributed by atoms with van der Waals surface area (Å²) in [5.41, 5.74) is 18.4. The highest BCUT2D eigenvalue weighted by molar-refractivity contribution is 6.73. The first-order valence-corrected chi connectivity index (χ1v) is 18.2. The Morgan fingerprint density at radius 3 is 2.39 bits per heavy atom. The van der Waals surface area contributed by atoms with Gasteiger partial charge in [0.15, 0.2) is 7.28 Å². The standard InChI is InChI=1S/C48H53BN2/c1-10-12-22-37(19-11-2)29-30-38(23-14-13-20-33(3)4)40-25-18-27-43-48(40)51(9)45-32-35(7)31-42(46(45)49-43)41-26-17-21-36(8)47(41)50-44-28-16-15-24-39(44)34(5)6/h10-28,31-32,38,49-50H,3,5,29-30H2,1-2,4,6-9H3/b12-10-,19-11-,20-13-,23-14-,37-22+. The fraction of sp³-hybridized carbons (Fsp3) is 0.208. The van der Waals surface area contributed by atoms with Crippen LogP contribution in [0.1, 0.15) is 68.7 Å². The average Bonchev–Trinajstić information content (AvgIpc) is 3.11. The predicted molar refractivity (Wildman–Crippen MR) is 229 cm³/mol. The molecule has 4 aromatic carbocycles. The lowest BCUT2D eigenvalue weighted by Gasteiger charge is -2.35. The second-order valence-electron chi connectivity index (χ2n) is 13.9. The molecule has 0 amide bonds. The summed E-state index contributed by atoms with van der Waals surface area (Å²) < 4.78 is 0. The number of aryl methyl sites for hydroxylation is 2. The van der Waals surface area contributed by atoms with Gasteiger partial charge in [-0.3, -0.25) is 0 Å². The summed E-state index contributed by atoms with van der Waals surface area (Å²) in [6.45, 7) is 21.0. The van der Waals surface area contributed by atoms with E-state index in [4.69, 9.17) is 0 Å². The number of nitrogens with one attached hydrogen (secondary N) is 1. The topological polar surface area (TPSA) is 15.3 Å². The predicted octanol–water partition coefficient (Wildman–Crippen LogP) is 11.8. The number of para-hydroxylation sites is 3. The molecule has 0 saturated heterocycles. The van der Waals surface area contributed by atoms with E-state index in [0.717, 1.165) is 48.2 Å². The van der Waals surface area contributed by atoms with Crippen molar-refractivity contribution in [2.75, 3.05) is 17.3 Å². The van der Waals surface area contributed by atoms with Gasteiger partial charge in [-0.1, -0.05) is 140 Å². The van der Waals surface area contributed by atoms with Crippen LogP contribution < -0.4 is 21.1 Å². The number of allylic oxidation sites excluding steroid dienone is 12. The molecule has 2 nitrogen and oxygen atoms in total. The van der Waals surface area contributed by atoms with Crippen LogP contribution in [0.25, 0.3) is 16.7 Å². The molecule has 1 N–H and O–H groups in total. The Kier molecular flexibility index (Phi) is 12.4. The zero-order valence-electron chi connectivity index (χ0n) is 31.7. The van der Waals surface area contributed by atoms with Crippen LogP contribution in [0, 0.1) is 13.8 Å². The third-order valence-corrected chi connectivity index (χ3v) is 9.66. The molecule has 0 fully saturated rings. The summed E-state index contributed by atoms with van der Waals surface area (Å²) in [5.74, 6) is 0.239. The van der Waals surface area contributed by atoms with Crippen molar-refractivity contribution in [3.8, 4) is 11.1 Å². The van der Waals surface area contributed by atoms with Crippen molar-refractivity contribution in [3.05, 3.63) is 174 Å². The summed E-state index contributed by atoms with van der Waals surface area (Å²) in [5, 5.41) is 3.84. The minimum Gasteiger partial charge on any atom is -0.354 e. The maximum atomic E-state index is 4.25. The Balaban J connectivity index is 1.60. The molecule has 0 bridgehead atoms. The van der Waals surface area contributed by atoms with Crippen molar-refractivity contribution in [1.82, 2.24) is 0 Å². The van der Waals surface area contributed by atoms with E-state index in [-0.39, 0.29) is 5.92 Å². The second-order valence-corrected chi connectivity index (χ2v) is 13.9. The monoisotopic (exact) mass is 668 g/mol. The highest BCUT2D eigenvalue weighted by Crippen LogP contribution is 2.40. The molecule has 1 unspecified atom stereocenters. The van der Waals surface area contributed by atoms with Gasteiger partial charge in [-0.2, -0.15) is 0 Å². The van der Waals surface area contributed by atoms with E-state index in [1.165, 1.54) is 55.7 Å². The average molecular weight is 669 g/mol. The van der Waals surface area contributed by atoms with Gasteiger partial charge in [-0.05, 0) is 105 Å². The molecule has 1 heterocycles. The molecule has 1 aliphatic rings. The highest BCUT2D eigenvalue weighted by atomic mass is 15.1. The minimum atomic E-state index is 0.239. The number of hydrogen-bond donors (Lipinski definition) is 1. The summed E-state index contributed by atoms with van der Waals surface area (Å²) in [4.78, 5) is 2.45. The van der Waals surface area contributed by atoms with E-state index in [9.17, 15) is 0 Å². The first-order chi connectivity index (χ1) is 24.6. The van der Waals surface area contributed by atoms with Crippen molar-refractivity contribution < 1.29 is 0 Å². The minimum absolute atomic E-state index is 0.239. The summed E-state index contributed by atoms with van der Waals surface area (Å²) in [7, 11) is 3.12. The van der Waals surface area contributed by atoms with Crippen molar-refractivity contribution in [2.45, 2.75) is 60.3 Å². The van der Waals surface area contributed by atoms with Crippen molar-refractivity contribution in [2.24, 2.45) is 0 Å². The zero-order chi connectivity index (χ0) is 36.5. The molecule has 0 saturated carbocycles. The first-order valence-electron chi connectivity index (χ1n) is 18.2. The van der Waals surface area contributed by atoms with Crippen LogP contribution in [0.5, 0.6) is 0 Å². The van der Waals surface area contributed by atoms with Crippen LogP contribution in [0.2, 0.25) is 0 Å². The summed E-state index contributed by atoms with van der Waals surface area (Å²) in [6.07, 6.45) is 21.6. The zero-order valence-corrected chi connectivity index (χ0v) is 31.7. The number of benzene rings is 4. The van der Waals surface area contributed by atoms with Gasteiger partial charge in [-0.25, -0.2) is 0 Å². The Bertz CT molecular complexity index is 2070. The van der Waals surface area contributed by atoms with Gasteiger partial charge in [0, 0.05) is 46.8 Å². The van der Waals surface area contributed by atoms with Crippen molar-refractivity contribution in [1.29, 1.82) is 0 Å². The van der Waals surface area contributed by atoms with Gasteiger partial charge in [-0.15, -0.1) is 0 Å². The quantitative estimate of drug-likeness (QED) is 0.113. The molecular formula is C48H53BN2. The van der Waals surface area contributed by atoms with Crippen LogP contribution in [-0.2, 0) is 0 Å². The molecule has 258 valence electrons. The van der Waals surface area contributed by atoms with Crippen LogP contribution in [0.4, 0.5) is 22.7 Å². The van der Waals surface area contributed by atoms with E-state index in [1.54, 1.807) is 0 Å². The third-order valence-electron chi connectivity index (χ3n) is 9.66. The van der Waals surface area contributed by atoms with E-state index >= 15 is 0 Å². The molecule has 5 rings (SSSR count). The Morgan fingerprint density at radius 2 is 1.65 bits per heavy atom. The van der Waals surface area contributed by atoms with Crippen molar-refractivity contribution in [3.63, 3.8) is 0 Å². The van der Waals surface area contributed by atoms with Gasteiger partial charge < -0.3 is 10.2 Å². The fourth-order valence-electron chi connectivity index (χ4n) is 7.20. The lowest BCUT2D eigenvalue weighted by atomic mass is 9.57. The molecule has 51 heavy (non-hydrogen) atoms. The number of nitrogens with zero attached hydrogens (tertiary/aromatic N) is 1. The van der Waals surface area contributed by atoms with Gasteiger partial charge in [0.05, 0.1) is 0 Å². The van der Waals surface area contributed by atoms with E-state index in [0.29, 0.717) is 0 Å². The molecule has 1 aliphatic heterocycles. The molecule has 0 aliphatic carbocycles. The van der Waals surface area contributed by atoms with Gasteiger partial charge >= 0.3 is 0 Å². The van der Waals surface area contributed by atoms with Crippen LogP contribution in [-0.4, -0.2) is 14.3 Å². The number of fused-ring (bicyclic) bond motifs is 2. The normalized spacial score (nSPS) is 13.5. The van der Waals surface area contributed by atoms with E-state index in [2.05, 4.69) is 193 Å². The molecule has 0 radical (unpaired) electrons. The molecule has 3 heteroatoms. The number of hydrogen-bond acceptors (Lipinski definition) is 2. The molecule has 0 spiro atoms. The third kappa shape index (κ3) is 8.73. The molecule has 0 aromatic heterocycles. The van der Waals surface area contributed by atoms with Crippen LogP contribution in [0.3, 0.4) is 0 Å². The highest BCUT2D eigenvalue weighted by Gasteiger charge is 2.29. The second kappa shape index (κ2) is 17.1. The SMILES string of the molecule is C=C(C)/C=C\C=C/C(CCC(/C=C\C)=C/C=C\C)c1cccc2c1N(C)c1cc(C)cc(-c3cccc(C)c3Nc3ccccc3C(=C)C)c1B2. The van der Waals surface area contributed by atoms with Gasteiger partial charge in [0.2, 0.25) is 0 Å². The largest absolute Gasteiger partial charge is 0.354 e. The summed E-state index contributed by atoms with van der Waals surface area (Å²) >= 11 is 0. The first kappa shape index (κ1) is 37.0. The maximum absolute atomic E-state index is 4.25. The van der Waals surface area contributed by atoms with Gasteiger partial charge in [0.25, 0.3) is 0 Å². The smallest absolute Gasteiger partial charge is 0.198 e. The van der Waals surface area contributed by atoms with Crippen LogP contribution >= 0.6 is 0 Å². The van der Waals surface area contributed by atoms with E-state index < -0.39 is 0 Å². The van der Waals surface area contributed by atoms with Crippen LogP contribution in [0.15, 0.2) is 152 Å². The Morgan fingerprint density at radius 1 is 0.863 bits per heavy atom. The lowest BCUT2D eigenvalue weighted by molar-refractivity contribution is 0.737. The lowest BCUT2D eigenvalue weighted by Crippen LogP contribution is -2.42. The fourth-order valence-corrected chi connectivity index (χ4v) is 7.20. The molecular weight excluding hydrogens is 615 g/mol. The number of anilines is 4. The maximum Gasteiger partial charge on any atom is 0.198 e. The van der Waals surface area contributed by atoms with E-state index in [1.807, 2.05) is 6.92 Å². The van der Waals surface area contributed by atoms with Gasteiger partial charge in [0.1, 0.15) is 0 Å².